The van der Waals surface area contributed by atoms with Crippen LogP contribution < -0.4 is 11.1 Å². The number of aromatic nitrogens is 2. The van der Waals surface area contributed by atoms with Crippen molar-refractivity contribution in [2.24, 2.45) is 0 Å². The van der Waals surface area contributed by atoms with Gasteiger partial charge in [-0.2, -0.15) is 0 Å². The predicted molar refractivity (Wildman–Crippen MR) is 59.1 cm³/mol. The molecule has 3 N–H and O–H groups in total. The van der Waals surface area contributed by atoms with Crippen LogP contribution in [-0.2, 0) is 11.3 Å². The third-order valence-corrected chi connectivity index (χ3v) is 2.51. The van der Waals surface area contributed by atoms with Crippen molar-refractivity contribution in [3.63, 3.8) is 0 Å². The van der Waals surface area contributed by atoms with Gasteiger partial charge in [0.05, 0.1) is 19.1 Å². The second-order valence-electron chi connectivity index (χ2n) is 3.86. The van der Waals surface area contributed by atoms with Crippen LogP contribution in [0.5, 0.6) is 0 Å². The Labute approximate surface area is 96.3 Å². The number of carbonyl (C=O) groups is 1. The zero-order valence-corrected chi connectivity index (χ0v) is 9.56. The lowest BCUT2D eigenvalue weighted by atomic mass is 10.2. The van der Waals surface area contributed by atoms with Crippen molar-refractivity contribution in [2.75, 3.05) is 0 Å². The molecular weight excluding hydrogens is 228 g/mol. The van der Waals surface area contributed by atoms with Crippen LogP contribution in [0.2, 0.25) is 0 Å². The van der Waals surface area contributed by atoms with Crippen molar-refractivity contribution in [1.29, 1.82) is 0 Å². The molecule has 1 rings (SSSR count). The third-order valence-electron chi connectivity index (χ3n) is 2.51. The van der Waals surface area contributed by atoms with E-state index >= 15 is 0 Å². The molecule has 0 aliphatic rings. The van der Waals surface area contributed by atoms with Crippen LogP contribution in [0.3, 0.4) is 0 Å². The van der Waals surface area contributed by atoms with Crippen LogP contribution in [-0.4, -0.2) is 32.1 Å². The van der Waals surface area contributed by atoms with Crippen LogP contribution in [0.15, 0.2) is 9.59 Å². The topological polar surface area (TPSA) is 112 Å². The molecule has 0 fully saturated rings. The summed E-state index contributed by atoms with van der Waals surface area (Å²) in [5, 5.41) is 20.1. The van der Waals surface area contributed by atoms with Gasteiger partial charge >= 0.3 is 5.97 Å². The van der Waals surface area contributed by atoms with Crippen LogP contribution >= 0.6 is 0 Å². The Bertz CT molecular complexity index is 543. The van der Waals surface area contributed by atoms with Crippen molar-refractivity contribution in [1.82, 2.24) is 9.78 Å². The number of rotatable bonds is 4. The van der Waals surface area contributed by atoms with Gasteiger partial charge < -0.3 is 10.2 Å². The van der Waals surface area contributed by atoms with E-state index in [-0.39, 0.29) is 12.1 Å². The van der Waals surface area contributed by atoms with Crippen molar-refractivity contribution in [3.8, 4) is 0 Å². The highest BCUT2D eigenvalue weighted by Crippen LogP contribution is 1.96. The minimum absolute atomic E-state index is 0.249. The molecule has 17 heavy (non-hydrogen) atoms. The quantitative estimate of drug-likeness (QED) is 0.626. The lowest BCUT2D eigenvalue weighted by Gasteiger charge is -2.11. The van der Waals surface area contributed by atoms with Crippen LogP contribution in [0.4, 0.5) is 0 Å². The minimum atomic E-state index is -1.22. The van der Waals surface area contributed by atoms with E-state index in [0.29, 0.717) is 5.56 Å². The number of nitrogens with one attached hydrogen (secondary N) is 1. The summed E-state index contributed by atoms with van der Waals surface area (Å²) >= 11 is 0. The molecule has 1 atom stereocenters. The number of hydrogen-bond donors (Lipinski definition) is 3. The highest BCUT2D eigenvalue weighted by atomic mass is 16.4. The molecule has 1 heterocycles. The molecule has 0 aromatic carbocycles. The number of aromatic amines is 1. The maximum atomic E-state index is 11.7. The maximum Gasteiger partial charge on any atom is 0.306 e. The summed E-state index contributed by atoms with van der Waals surface area (Å²) in [7, 11) is 0. The highest BCUT2D eigenvalue weighted by Gasteiger charge is 2.13. The average Bonchev–Trinajstić information content (AvgIpc) is 2.21. The molecule has 0 saturated heterocycles. The van der Waals surface area contributed by atoms with Crippen LogP contribution in [0.25, 0.3) is 0 Å². The molecule has 0 radical (unpaired) electrons. The first-order valence-electron chi connectivity index (χ1n) is 5.03. The monoisotopic (exact) mass is 242 g/mol. The SMILES string of the molecule is Cc1c(C)c(=O)n(CC(O)CC(=O)O)[nH]c1=O. The lowest BCUT2D eigenvalue weighted by Crippen LogP contribution is -2.36. The summed E-state index contributed by atoms with van der Waals surface area (Å²) < 4.78 is 0.929. The Hall–Kier alpha value is -1.89. The van der Waals surface area contributed by atoms with Gasteiger partial charge in [-0.25, -0.2) is 4.68 Å². The number of H-pyrrole nitrogens is 1. The van der Waals surface area contributed by atoms with Crippen molar-refractivity contribution < 1.29 is 15.0 Å². The van der Waals surface area contributed by atoms with Gasteiger partial charge in [0.15, 0.2) is 0 Å². The summed E-state index contributed by atoms with van der Waals surface area (Å²) in [6.07, 6.45) is -1.70. The Morgan fingerprint density at radius 1 is 1.35 bits per heavy atom. The molecule has 0 bridgehead atoms. The smallest absolute Gasteiger partial charge is 0.306 e. The molecule has 0 aliphatic heterocycles. The van der Waals surface area contributed by atoms with Crippen molar-refractivity contribution in [2.45, 2.75) is 32.9 Å². The average molecular weight is 242 g/mol. The van der Waals surface area contributed by atoms with Gasteiger partial charge in [-0.1, -0.05) is 0 Å². The molecule has 7 heteroatoms. The van der Waals surface area contributed by atoms with Gasteiger partial charge in [0, 0.05) is 11.1 Å². The fraction of sp³-hybridized carbons (Fsp3) is 0.500. The summed E-state index contributed by atoms with van der Waals surface area (Å²) in [5.74, 6) is -1.17. The second-order valence-corrected chi connectivity index (χ2v) is 3.86. The van der Waals surface area contributed by atoms with Crippen LogP contribution in [0.1, 0.15) is 17.5 Å². The number of aliphatic hydroxyl groups is 1. The first kappa shape index (κ1) is 13.2. The van der Waals surface area contributed by atoms with Gasteiger partial charge in [0.1, 0.15) is 0 Å². The first-order valence-corrected chi connectivity index (χ1v) is 5.03. The predicted octanol–water partition coefficient (Wildman–Crippen LogP) is -1.01. The minimum Gasteiger partial charge on any atom is -0.481 e. The molecule has 0 aliphatic carbocycles. The highest BCUT2D eigenvalue weighted by molar-refractivity contribution is 5.67. The maximum absolute atomic E-state index is 11.7. The molecular formula is C10H14N2O5. The standard InChI is InChI=1S/C10H14N2O5/c1-5-6(2)10(17)12(11-9(5)16)4-7(13)3-8(14)15/h7,13H,3-4H2,1-2H3,(H,11,16)(H,14,15). The zero-order valence-electron chi connectivity index (χ0n) is 9.56. The summed E-state index contributed by atoms with van der Waals surface area (Å²) in [4.78, 5) is 33.5. The molecule has 1 aromatic heterocycles. The molecule has 94 valence electrons. The number of aliphatic hydroxyl groups excluding tert-OH is 1. The van der Waals surface area contributed by atoms with Crippen molar-refractivity contribution in [3.05, 3.63) is 31.8 Å². The Balaban J connectivity index is 3.05. The number of aliphatic carboxylic acids is 1. The van der Waals surface area contributed by atoms with E-state index in [1.165, 1.54) is 13.8 Å². The molecule has 0 spiro atoms. The van der Waals surface area contributed by atoms with E-state index in [9.17, 15) is 19.5 Å². The van der Waals surface area contributed by atoms with E-state index in [1.54, 1.807) is 0 Å². The van der Waals surface area contributed by atoms with Gasteiger partial charge in [-0.05, 0) is 13.8 Å². The lowest BCUT2D eigenvalue weighted by molar-refractivity contribution is -0.139. The van der Waals surface area contributed by atoms with Crippen LogP contribution in [0, 0.1) is 13.8 Å². The largest absolute Gasteiger partial charge is 0.481 e. The molecule has 0 saturated carbocycles. The fourth-order valence-electron chi connectivity index (χ4n) is 1.40. The van der Waals surface area contributed by atoms with E-state index < -0.39 is 29.6 Å². The summed E-state index contributed by atoms with van der Waals surface area (Å²) in [6.45, 7) is 2.78. The van der Waals surface area contributed by atoms with Gasteiger partial charge in [0.2, 0.25) is 0 Å². The first-order chi connectivity index (χ1) is 7.82. The number of hydrogen-bond acceptors (Lipinski definition) is 4. The zero-order chi connectivity index (χ0) is 13.2. The Morgan fingerprint density at radius 3 is 2.47 bits per heavy atom. The summed E-state index contributed by atoms with van der Waals surface area (Å²) in [6, 6.07) is 0. The molecule has 7 nitrogen and oxygen atoms in total. The van der Waals surface area contributed by atoms with E-state index in [2.05, 4.69) is 5.10 Å². The Kier molecular flexibility index (Phi) is 3.84. The molecule has 0 amide bonds. The molecule has 1 unspecified atom stereocenters. The second kappa shape index (κ2) is 4.96. The van der Waals surface area contributed by atoms with E-state index in [0.717, 1.165) is 4.68 Å². The van der Waals surface area contributed by atoms with Gasteiger partial charge in [0.25, 0.3) is 11.1 Å². The Morgan fingerprint density at radius 2 is 1.94 bits per heavy atom. The van der Waals surface area contributed by atoms with E-state index in [4.69, 9.17) is 5.11 Å². The third kappa shape index (κ3) is 3.04. The van der Waals surface area contributed by atoms with Crippen molar-refractivity contribution >= 4 is 5.97 Å². The normalized spacial score (nSPS) is 12.4. The number of nitrogens with zero attached hydrogens (tertiary/aromatic N) is 1. The summed E-state index contributed by atoms with van der Waals surface area (Å²) in [5.41, 5.74) is -0.258. The number of carboxylic acids is 1. The fourth-order valence-corrected chi connectivity index (χ4v) is 1.40. The number of carboxylic acid groups (broad SMARTS) is 1. The molecule has 1 aromatic rings. The van der Waals surface area contributed by atoms with Gasteiger partial charge in [-0.15, -0.1) is 0 Å². The van der Waals surface area contributed by atoms with E-state index in [1.807, 2.05) is 0 Å². The van der Waals surface area contributed by atoms with Gasteiger partial charge in [-0.3, -0.25) is 19.5 Å².